The van der Waals surface area contributed by atoms with Crippen LogP contribution in [0.25, 0.3) is 10.8 Å². The van der Waals surface area contributed by atoms with E-state index in [9.17, 15) is 18.0 Å². The number of morpholine rings is 1. The number of sulfonamides is 1. The minimum Gasteiger partial charge on any atom is -0.379 e. The summed E-state index contributed by atoms with van der Waals surface area (Å²) in [6.45, 7) is 2.50. The Morgan fingerprint density at radius 1 is 1.03 bits per heavy atom. The van der Waals surface area contributed by atoms with Gasteiger partial charge in [0.15, 0.2) is 0 Å². The molecule has 32 heavy (non-hydrogen) atoms. The highest BCUT2D eigenvalue weighted by Crippen LogP contribution is 2.23. The van der Waals surface area contributed by atoms with Crippen LogP contribution in [-0.2, 0) is 19.6 Å². The quantitative estimate of drug-likeness (QED) is 0.706. The second kappa shape index (κ2) is 9.97. The lowest BCUT2D eigenvalue weighted by Crippen LogP contribution is -2.47. The second-order valence-corrected chi connectivity index (χ2v) is 10.3. The number of likely N-dealkylation sites (tertiary alicyclic amines) is 1. The van der Waals surface area contributed by atoms with E-state index in [-0.39, 0.29) is 30.0 Å². The van der Waals surface area contributed by atoms with Gasteiger partial charge in [-0.1, -0.05) is 36.4 Å². The van der Waals surface area contributed by atoms with Gasteiger partial charge in [0.1, 0.15) is 0 Å². The number of nitrogens with zero attached hydrogens (tertiary/aromatic N) is 2. The van der Waals surface area contributed by atoms with Crippen molar-refractivity contribution in [2.24, 2.45) is 5.92 Å². The summed E-state index contributed by atoms with van der Waals surface area (Å²) in [5, 5.41) is 4.67. The highest BCUT2D eigenvalue weighted by molar-refractivity contribution is 7.89. The Hall–Kier alpha value is -2.49. The maximum atomic E-state index is 13.2. The summed E-state index contributed by atoms with van der Waals surface area (Å²) in [4.78, 5) is 27.6. The molecule has 0 saturated carbocycles. The van der Waals surface area contributed by atoms with Crippen LogP contribution in [0.1, 0.15) is 23.2 Å². The fourth-order valence-corrected chi connectivity index (χ4v) is 5.68. The van der Waals surface area contributed by atoms with Crippen LogP contribution in [0.4, 0.5) is 0 Å². The van der Waals surface area contributed by atoms with E-state index in [1.807, 2.05) is 42.5 Å². The molecule has 2 fully saturated rings. The van der Waals surface area contributed by atoms with Gasteiger partial charge < -0.3 is 15.0 Å². The average Bonchev–Trinajstić information content (AvgIpc) is 2.83. The molecule has 1 N–H and O–H groups in total. The fourth-order valence-electron chi connectivity index (χ4n) is 4.36. The maximum Gasteiger partial charge on any atom is 0.254 e. The third kappa shape index (κ3) is 5.11. The van der Waals surface area contributed by atoms with Crippen molar-refractivity contribution < 1.29 is 22.7 Å². The fraction of sp³-hybridized carbons (Fsp3) is 0.478. The Morgan fingerprint density at radius 3 is 2.59 bits per heavy atom. The zero-order valence-electron chi connectivity index (χ0n) is 18.0. The minimum atomic E-state index is -3.42. The molecule has 1 unspecified atom stereocenters. The van der Waals surface area contributed by atoms with Crippen molar-refractivity contribution in [1.29, 1.82) is 0 Å². The number of hydrogen-bond acceptors (Lipinski definition) is 5. The van der Waals surface area contributed by atoms with E-state index in [0.717, 1.165) is 17.2 Å². The summed E-state index contributed by atoms with van der Waals surface area (Å²) in [6, 6.07) is 13.4. The first-order chi connectivity index (χ1) is 15.5. The van der Waals surface area contributed by atoms with Gasteiger partial charge >= 0.3 is 0 Å². The average molecular weight is 460 g/mol. The molecule has 2 aliphatic heterocycles. The van der Waals surface area contributed by atoms with Crippen LogP contribution in [0.2, 0.25) is 0 Å². The third-order valence-corrected chi connectivity index (χ3v) is 7.99. The van der Waals surface area contributed by atoms with Crippen molar-refractivity contribution in [2.45, 2.75) is 12.8 Å². The molecule has 2 aromatic rings. The number of carbonyl (C=O) groups excluding carboxylic acids is 2. The standard InChI is InChI=1S/C23H29N3O5S/c27-22(24-10-16-32(29,30)26-12-14-31-15-13-26)19-7-4-11-25(17-19)23(28)21-9-3-6-18-5-1-2-8-20(18)21/h1-3,5-6,8-9,19H,4,7,10-17H2,(H,24,27). The van der Waals surface area contributed by atoms with Gasteiger partial charge in [-0.3, -0.25) is 9.59 Å². The van der Waals surface area contributed by atoms with Crippen LogP contribution in [0.3, 0.4) is 0 Å². The Kier molecular flexibility index (Phi) is 7.07. The number of hydrogen-bond donors (Lipinski definition) is 1. The number of benzene rings is 2. The van der Waals surface area contributed by atoms with Crippen LogP contribution in [0.5, 0.6) is 0 Å². The largest absolute Gasteiger partial charge is 0.379 e. The lowest BCUT2D eigenvalue weighted by molar-refractivity contribution is -0.126. The Balaban J connectivity index is 1.34. The van der Waals surface area contributed by atoms with E-state index in [0.29, 0.717) is 51.4 Å². The smallest absolute Gasteiger partial charge is 0.254 e. The summed E-state index contributed by atoms with van der Waals surface area (Å²) >= 11 is 0. The van der Waals surface area contributed by atoms with E-state index in [1.54, 1.807) is 4.90 Å². The Bertz CT molecular complexity index is 1080. The first-order valence-corrected chi connectivity index (χ1v) is 12.7. The van der Waals surface area contributed by atoms with Crippen molar-refractivity contribution >= 4 is 32.6 Å². The predicted molar refractivity (Wildman–Crippen MR) is 122 cm³/mol. The SMILES string of the molecule is O=C(NCCS(=O)(=O)N1CCOCC1)C1CCCN(C(=O)c2cccc3ccccc23)C1. The second-order valence-electron chi connectivity index (χ2n) is 8.24. The molecule has 0 aromatic heterocycles. The Morgan fingerprint density at radius 2 is 1.78 bits per heavy atom. The molecule has 0 aliphatic carbocycles. The van der Waals surface area contributed by atoms with Gasteiger partial charge in [0.05, 0.1) is 24.9 Å². The topological polar surface area (TPSA) is 96.0 Å². The molecule has 9 heteroatoms. The highest BCUT2D eigenvalue weighted by Gasteiger charge is 2.30. The maximum absolute atomic E-state index is 13.2. The predicted octanol–water partition coefficient (Wildman–Crippen LogP) is 1.47. The molecular weight excluding hydrogens is 430 g/mol. The van der Waals surface area contributed by atoms with Crippen molar-refractivity contribution in [3.8, 4) is 0 Å². The lowest BCUT2D eigenvalue weighted by Gasteiger charge is -2.32. The molecule has 8 nitrogen and oxygen atoms in total. The summed E-state index contributed by atoms with van der Waals surface area (Å²) in [5.74, 6) is -0.745. The van der Waals surface area contributed by atoms with Gasteiger partial charge in [0.25, 0.3) is 5.91 Å². The molecule has 2 aromatic carbocycles. The number of amides is 2. The lowest BCUT2D eigenvalue weighted by atomic mass is 9.95. The normalized spacial score (nSPS) is 20.2. The highest BCUT2D eigenvalue weighted by atomic mass is 32.2. The zero-order valence-corrected chi connectivity index (χ0v) is 18.9. The van der Waals surface area contributed by atoms with E-state index in [2.05, 4.69) is 5.32 Å². The molecule has 0 bridgehead atoms. The molecule has 2 amide bonds. The van der Waals surface area contributed by atoms with Crippen LogP contribution in [-0.4, -0.2) is 81.1 Å². The summed E-state index contributed by atoms with van der Waals surface area (Å²) in [6.07, 6.45) is 1.42. The van der Waals surface area contributed by atoms with Crippen molar-refractivity contribution in [3.63, 3.8) is 0 Å². The van der Waals surface area contributed by atoms with Gasteiger partial charge in [-0.25, -0.2) is 8.42 Å². The molecule has 2 heterocycles. The molecule has 0 radical (unpaired) electrons. The number of ether oxygens (including phenoxy) is 1. The molecule has 1 atom stereocenters. The van der Waals surface area contributed by atoms with Crippen LogP contribution >= 0.6 is 0 Å². The van der Waals surface area contributed by atoms with Gasteiger partial charge in [0, 0.05) is 38.3 Å². The molecule has 2 saturated heterocycles. The Labute approximate surface area is 188 Å². The first-order valence-electron chi connectivity index (χ1n) is 11.1. The number of carbonyl (C=O) groups is 2. The van der Waals surface area contributed by atoms with Crippen LogP contribution in [0, 0.1) is 5.92 Å². The van der Waals surface area contributed by atoms with Crippen LogP contribution < -0.4 is 5.32 Å². The minimum absolute atomic E-state index is 0.0618. The monoisotopic (exact) mass is 459 g/mol. The number of nitrogens with one attached hydrogen (secondary N) is 1. The molecule has 2 aliphatic rings. The van der Waals surface area contributed by atoms with E-state index >= 15 is 0 Å². The van der Waals surface area contributed by atoms with Gasteiger partial charge in [-0.15, -0.1) is 0 Å². The van der Waals surface area contributed by atoms with Gasteiger partial charge in [-0.05, 0) is 29.7 Å². The van der Waals surface area contributed by atoms with E-state index in [1.165, 1.54) is 4.31 Å². The van der Waals surface area contributed by atoms with Crippen molar-refractivity contribution in [1.82, 2.24) is 14.5 Å². The third-order valence-electron chi connectivity index (χ3n) is 6.12. The molecule has 4 rings (SSSR count). The molecular formula is C23H29N3O5S. The van der Waals surface area contributed by atoms with Crippen molar-refractivity contribution in [3.05, 3.63) is 48.0 Å². The van der Waals surface area contributed by atoms with E-state index in [4.69, 9.17) is 4.74 Å². The number of rotatable bonds is 6. The molecule has 172 valence electrons. The van der Waals surface area contributed by atoms with Crippen molar-refractivity contribution in [2.75, 3.05) is 51.7 Å². The first kappa shape index (κ1) is 22.7. The van der Waals surface area contributed by atoms with Gasteiger partial charge in [0.2, 0.25) is 15.9 Å². The summed E-state index contributed by atoms with van der Waals surface area (Å²) < 4.78 is 31.4. The number of fused-ring (bicyclic) bond motifs is 1. The number of piperidine rings is 1. The summed E-state index contributed by atoms with van der Waals surface area (Å²) in [5.41, 5.74) is 0.640. The molecule has 0 spiro atoms. The van der Waals surface area contributed by atoms with E-state index < -0.39 is 10.0 Å². The van der Waals surface area contributed by atoms with Gasteiger partial charge in [-0.2, -0.15) is 4.31 Å². The zero-order chi connectivity index (χ0) is 22.6. The summed E-state index contributed by atoms with van der Waals surface area (Å²) in [7, 11) is -3.42. The van der Waals surface area contributed by atoms with Crippen LogP contribution in [0.15, 0.2) is 42.5 Å².